The van der Waals surface area contributed by atoms with E-state index >= 15 is 0 Å². The summed E-state index contributed by atoms with van der Waals surface area (Å²) in [6.07, 6.45) is 3.63. The fourth-order valence-electron chi connectivity index (χ4n) is 2.63. The molecular formula is C15H21NO. The van der Waals surface area contributed by atoms with Crippen LogP contribution in [-0.4, -0.2) is 11.9 Å². The van der Waals surface area contributed by atoms with E-state index in [1.807, 2.05) is 30.3 Å². The molecule has 1 N–H and O–H groups in total. The second kappa shape index (κ2) is 5.35. The predicted octanol–water partition coefficient (Wildman–Crippen LogP) is 3.24. The zero-order valence-corrected chi connectivity index (χ0v) is 10.6. The van der Waals surface area contributed by atoms with Gasteiger partial charge in [-0.05, 0) is 30.4 Å². The van der Waals surface area contributed by atoms with Crippen molar-refractivity contribution >= 4 is 5.91 Å². The van der Waals surface area contributed by atoms with E-state index in [1.165, 1.54) is 12.8 Å². The van der Waals surface area contributed by atoms with Gasteiger partial charge in [-0.1, -0.05) is 44.9 Å². The van der Waals surface area contributed by atoms with Crippen molar-refractivity contribution in [2.75, 3.05) is 0 Å². The molecule has 0 radical (unpaired) electrons. The number of rotatable bonds is 2. The Hall–Kier alpha value is -1.31. The van der Waals surface area contributed by atoms with Gasteiger partial charge in [-0.2, -0.15) is 0 Å². The van der Waals surface area contributed by atoms with Crippen LogP contribution in [0.4, 0.5) is 0 Å². The highest BCUT2D eigenvalue weighted by atomic mass is 16.1. The summed E-state index contributed by atoms with van der Waals surface area (Å²) in [5.74, 6) is 1.36. The minimum atomic E-state index is 0.0663. The molecule has 1 aliphatic carbocycles. The average Bonchev–Trinajstić information content (AvgIpc) is 2.36. The van der Waals surface area contributed by atoms with Crippen LogP contribution in [0.25, 0.3) is 0 Å². The van der Waals surface area contributed by atoms with Crippen LogP contribution in [0.1, 0.15) is 43.5 Å². The number of hydrogen-bond acceptors (Lipinski definition) is 1. The first-order valence-corrected chi connectivity index (χ1v) is 6.54. The number of benzene rings is 1. The molecule has 0 spiro atoms. The van der Waals surface area contributed by atoms with Crippen molar-refractivity contribution in [3.05, 3.63) is 35.9 Å². The van der Waals surface area contributed by atoms with Crippen molar-refractivity contribution in [1.82, 2.24) is 5.32 Å². The molecule has 1 amide bonds. The molecule has 0 bridgehead atoms. The maximum Gasteiger partial charge on any atom is 0.251 e. The molecule has 2 rings (SSSR count). The molecule has 0 aromatic heterocycles. The maximum atomic E-state index is 12.1. The fraction of sp³-hybridized carbons (Fsp3) is 0.533. The molecular weight excluding hydrogens is 210 g/mol. The van der Waals surface area contributed by atoms with E-state index in [2.05, 4.69) is 19.2 Å². The average molecular weight is 231 g/mol. The maximum absolute atomic E-state index is 12.1. The lowest BCUT2D eigenvalue weighted by atomic mass is 9.78. The molecule has 1 aliphatic rings. The number of carbonyl (C=O) groups excluding carboxylic acids is 1. The summed E-state index contributed by atoms with van der Waals surface area (Å²) in [7, 11) is 0. The van der Waals surface area contributed by atoms with Gasteiger partial charge in [-0.15, -0.1) is 0 Å². The second-order valence-electron chi connectivity index (χ2n) is 5.21. The smallest absolute Gasteiger partial charge is 0.251 e. The van der Waals surface area contributed by atoms with Gasteiger partial charge in [-0.25, -0.2) is 0 Å². The number of hydrogen-bond donors (Lipinski definition) is 1. The highest BCUT2D eigenvalue weighted by molar-refractivity contribution is 5.94. The topological polar surface area (TPSA) is 29.1 Å². The van der Waals surface area contributed by atoms with E-state index in [1.54, 1.807) is 0 Å². The first kappa shape index (κ1) is 12.2. The Morgan fingerprint density at radius 1 is 1.18 bits per heavy atom. The lowest BCUT2D eigenvalue weighted by molar-refractivity contribution is 0.0891. The van der Waals surface area contributed by atoms with Crippen molar-refractivity contribution in [3.63, 3.8) is 0 Å². The zero-order valence-electron chi connectivity index (χ0n) is 10.6. The molecule has 2 heteroatoms. The third-order valence-corrected chi connectivity index (χ3v) is 4.06. The van der Waals surface area contributed by atoms with Crippen molar-refractivity contribution in [2.45, 2.75) is 39.2 Å². The molecule has 0 saturated heterocycles. The van der Waals surface area contributed by atoms with Gasteiger partial charge in [0.05, 0.1) is 0 Å². The van der Waals surface area contributed by atoms with Gasteiger partial charge in [0.1, 0.15) is 0 Å². The Balaban J connectivity index is 1.99. The van der Waals surface area contributed by atoms with Gasteiger partial charge in [-0.3, -0.25) is 4.79 Å². The Bertz CT molecular complexity index is 374. The molecule has 1 fully saturated rings. The molecule has 2 nitrogen and oxygen atoms in total. The normalized spacial score (nSPS) is 28.7. The minimum absolute atomic E-state index is 0.0663. The summed E-state index contributed by atoms with van der Waals surface area (Å²) < 4.78 is 0. The minimum Gasteiger partial charge on any atom is -0.349 e. The van der Waals surface area contributed by atoms with Crippen LogP contribution in [0.15, 0.2) is 30.3 Å². The highest BCUT2D eigenvalue weighted by Gasteiger charge is 2.28. The third-order valence-electron chi connectivity index (χ3n) is 4.06. The van der Waals surface area contributed by atoms with Crippen LogP contribution in [0.3, 0.4) is 0 Å². The first-order valence-electron chi connectivity index (χ1n) is 6.54. The molecule has 0 aliphatic heterocycles. The van der Waals surface area contributed by atoms with Gasteiger partial charge in [0.15, 0.2) is 0 Å². The number of nitrogens with one attached hydrogen (secondary N) is 1. The molecule has 1 saturated carbocycles. The lowest BCUT2D eigenvalue weighted by Crippen LogP contribution is -2.43. The van der Waals surface area contributed by atoms with Gasteiger partial charge in [0.25, 0.3) is 5.91 Å². The van der Waals surface area contributed by atoms with Crippen molar-refractivity contribution in [2.24, 2.45) is 11.8 Å². The van der Waals surface area contributed by atoms with E-state index in [4.69, 9.17) is 0 Å². The fourth-order valence-corrected chi connectivity index (χ4v) is 2.63. The molecule has 0 unspecified atom stereocenters. The van der Waals surface area contributed by atoms with E-state index < -0.39 is 0 Å². The molecule has 92 valence electrons. The summed E-state index contributed by atoms with van der Waals surface area (Å²) in [4.78, 5) is 12.1. The van der Waals surface area contributed by atoms with Crippen LogP contribution in [0.2, 0.25) is 0 Å². The van der Waals surface area contributed by atoms with Crippen molar-refractivity contribution < 1.29 is 4.79 Å². The summed E-state index contributed by atoms with van der Waals surface area (Å²) in [6.45, 7) is 4.53. The lowest BCUT2D eigenvalue weighted by Gasteiger charge is -2.34. The van der Waals surface area contributed by atoms with E-state index in [-0.39, 0.29) is 5.91 Å². The molecule has 1 aromatic carbocycles. The SMILES string of the molecule is C[C@H]1[C@@H](NC(=O)c2ccccc2)CCC[C@@H]1C. The summed E-state index contributed by atoms with van der Waals surface area (Å²) in [5.41, 5.74) is 0.762. The Labute approximate surface area is 103 Å². The predicted molar refractivity (Wildman–Crippen MR) is 69.9 cm³/mol. The van der Waals surface area contributed by atoms with Crippen LogP contribution in [0.5, 0.6) is 0 Å². The quantitative estimate of drug-likeness (QED) is 0.831. The highest BCUT2D eigenvalue weighted by Crippen LogP contribution is 2.29. The molecule has 3 atom stereocenters. The summed E-state index contributed by atoms with van der Waals surface area (Å²) in [6, 6.07) is 9.82. The molecule has 0 heterocycles. The Kier molecular flexibility index (Phi) is 3.82. The summed E-state index contributed by atoms with van der Waals surface area (Å²) >= 11 is 0. The number of amides is 1. The first-order chi connectivity index (χ1) is 8.18. The van der Waals surface area contributed by atoms with Gasteiger partial charge in [0, 0.05) is 11.6 Å². The van der Waals surface area contributed by atoms with Gasteiger partial charge < -0.3 is 5.32 Å². The van der Waals surface area contributed by atoms with E-state index in [9.17, 15) is 4.79 Å². The van der Waals surface area contributed by atoms with Crippen molar-refractivity contribution in [3.8, 4) is 0 Å². The zero-order chi connectivity index (χ0) is 12.3. The van der Waals surface area contributed by atoms with Gasteiger partial charge >= 0.3 is 0 Å². The molecule has 1 aromatic rings. The standard InChI is InChI=1S/C15H21NO/c1-11-7-6-10-14(12(11)2)16-15(17)13-8-4-3-5-9-13/h3-5,8-9,11-12,14H,6-7,10H2,1-2H3,(H,16,17)/t11-,12+,14-/m0/s1. The van der Waals surface area contributed by atoms with Crippen molar-refractivity contribution in [1.29, 1.82) is 0 Å². The third kappa shape index (κ3) is 2.87. The van der Waals surface area contributed by atoms with Crippen LogP contribution < -0.4 is 5.32 Å². The van der Waals surface area contributed by atoms with Crippen LogP contribution >= 0.6 is 0 Å². The second-order valence-corrected chi connectivity index (χ2v) is 5.21. The Morgan fingerprint density at radius 2 is 1.88 bits per heavy atom. The van der Waals surface area contributed by atoms with E-state index in [0.717, 1.165) is 12.0 Å². The summed E-state index contributed by atoms with van der Waals surface area (Å²) in [5, 5.41) is 3.18. The largest absolute Gasteiger partial charge is 0.349 e. The van der Waals surface area contributed by atoms with Crippen LogP contribution in [-0.2, 0) is 0 Å². The van der Waals surface area contributed by atoms with E-state index in [0.29, 0.717) is 17.9 Å². The molecule has 17 heavy (non-hydrogen) atoms. The Morgan fingerprint density at radius 3 is 2.59 bits per heavy atom. The monoisotopic (exact) mass is 231 g/mol. The van der Waals surface area contributed by atoms with Crippen LogP contribution in [0, 0.1) is 11.8 Å². The number of carbonyl (C=O) groups is 1. The van der Waals surface area contributed by atoms with Gasteiger partial charge in [0.2, 0.25) is 0 Å².